The summed E-state index contributed by atoms with van der Waals surface area (Å²) in [7, 11) is 0. The molecule has 1 aliphatic carbocycles. The molecule has 1 saturated carbocycles. The number of rotatable bonds is 3. The van der Waals surface area contributed by atoms with Gasteiger partial charge in [0.1, 0.15) is 0 Å². The lowest BCUT2D eigenvalue weighted by Crippen LogP contribution is -2.26. The van der Waals surface area contributed by atoms with Crippen LogP contribution in [0.1, 0.15) is 49.4 Å². The second-order valence-corrected chi connectivity index (χ2v) is 6.31. The third-order valence-electron chi connectivity index (χ3n) is 3.97. The molecule has 1 aliphatic rings. The van der Waals surface area contributed by atoms with Crippen molar-refractivity contribution in [3.8, 4) is 0 Å². The first-order valence-corrected chi connectivity index (χ1v) is 7.79. The fourth-order valence-electron chi connectivity index (χ4n) is 2.90. The Morgan fingerprint density at radius 3 is 2.78 bits per heavy atom. The number of hydrogen-bond donors (Lipinski definition) is 0. The van der Waals surface area contributed by atoms with Crippen molar-refractivity contribution in [1.29, 1.82) is 0 Å². The normalized spacial score (nSPS) is 23.9. The van der Waals surface area contributed by atoms with E-state index < -0.39 is 0 Å². The molecule has 2 rings (SSSR count). The van der Waals surface area contributed by atoms with E-state index >= 15 is 0 Å². The van der Waals surface area contributed by atoms with Crippen LogP contribution in [0.2, 0.25) is 5.02 Å². The Kier molecular flexibility index (Phi) is 4.85. The molecule has 0 aromatic heterocycles. The SMILES string of the molecule is CCC1CCCCC1C(=O)c1ccc(Br)c(Cl)c1. The number of halogens is 2. The fourth-order valence-corrected chi connectivity index (χ4v) is 3.33. The van der Waals surface area contributed by atoms with E-state index in [1.165, 1.54) is 19.3 Å². The zero-order valence-corrected chi connectivity index (χ0v) is 12.9. The Hall–Kier alpha value is -0.340. The van der Waals surface area contributed by atoms with E-state index in [1.807, 2.05) is 12.1 Å². The predicted octanol–water partition coefficient (Wildman–Crippen LogP) is 5.50. The van der Waals surface area contributed by atoms with Gasteiger partial charge in [0.25, 0.3) is 0 Å². The van der Waals surface area contributed by atoms with Crippen LogP contribution >= 0.6 is 27.5 Å². The molecule has 1 aromatic carbocycles. The molecule has 2 atom stereocenters. The van der Waals surface area contributed by atoms with Crippen molar-refractivity contribution in [2.45, 2.75) is 39.0 Å². The van der Waals surface area contributed by atoms with Gasteiger partial charge < -0.3 is 0 Å². The van der Waals surface area contributed by atoms with E-state index in [2.05, 4.69) is 22.9 Å². The Labute approximate surface area is 122 Å². The van der Waals surface area contributed by atoms with Gasteiger partial charge >= 0.3 is 0 Å². The van der Waals surface area contributed by atoms with Crippen molar-refractivity contribution < 1.29 is 4.79 Å². The molecular weight excluding hydrogens is 312 g/mol. The molecule has 0 radical (unpaired) electrons. The molecule has 1 fully saturated rings. The minimum absolute atomic E-state index is 0.195. The Morgan fingerprint density at radius 2 is 2.11 bits per heavy atom. The molecule has 0 bridgehead atoms. The van der Waals surface area contributed by atoms with Gasteiger partial charge in [-0.05, 0) is 46.8 Å². The van der Waals surface area contributed by atoms with E-state index in [-0.39, 0.29) is 11.7 Å². The smallest absolute Gasteiger partial charge is 0.166 e. The van der Waals surface area contributed by atoms with Crippen LogP contribution in [-0.4, -0.2) is 5.78 Å². The number of carbonyl (C=O) groups excluding carboxylic acids is 1. The maximum absolute atomic E-state index is 12.6. The summed E-state index contributed by atoms with van der Waals surface area (Å²) in [4.78, 5) is 12.6. The molecule has 0 N–H and O–H groups in total. The Morgan fingerprint density at radius 1 is 1.39 bits per heavy atom. The quantitative estimate of drug-likeness (QED) is 0.669. The first-order chi connectivity index (χ1) is 8.63. The van der Waals surface area contributed by atoms with Gasteiger partial charge in [0.15, 0.2) is 5.78 Å². The van der Waals surface area contributed by atoms with Crippen LogP contribution in [0, 0.1) is 11.8 Å². The highest BCUT2D eigenvalue weighted by Crippen LogP contribution is 2.35. The van der Waals surface area contributed by atoms with Crippen molar-refractivity contribution in [3.05, 3.63) is 33.3 Å². The summed E-state index contributed by atoms with van der Waals surface area (Å²) in [5, 5.41) is 0.615. The standard InChI is InChI=1S/C15H18BrClO/c1-2-10-5-3-4-6-12(10)15(18)11-7-8-13(16)14(17)9-11/h7-10,12H,2-6H2,1H3. The predicted molar refractivity (Wildman–Crippen MR) is 79.2 cm³/mol. The van der Waals surface area contributed by atoms with Crippen molar-refractivity contribution in [2.24, 2.45) is 11.8 Å². The fraction of sp³-hybridized carbons (Fsp3) is 0.533. The zero-order chi connectivity index (χ0) is 13.1. The van der Waals surface area contributed by atoms with E-state index in [0.717, 1.165) is 22.9 Å². The minimum atomic E-state index is 0.195. The van der Waals surface area contributed by atoms with Crippen LogP contribution < -0.4 is 0 Å². The van der Waals surface area contributed by atoms with Crippen molar-refractivity contribution in [1.82, 2.24) is 0 Å². The summed E-state index contributed by atoms with van der Waals surface area (Å²) in [6.45, 7) is 2.19. The average molecular weight is 330 g/mol. The lowest BCUT2D eigenvalue weighted by Gasteiger charge is -2.29. The van der Waals surface area contributed by atoms with Crippen LogP contribution in [0.5, 0.6) is 0 Å². The van der Waals surface area contributed by atoms with Gasteiger partial charge in [-0.2, -0.15) is 0 Å². The third-order valence-corrected chi connectivity index (χ3v) is 5.21. The first-order valence-electron chi connectivity index (χ1n) is 6.62. The van der Waals surface area contributed by atoms with Gasteiger partial charge in [0.05, 0.1) is 5.02 Å². The summed E-state index contributed by atoms with van der Waals surface area (Å²) in [5.74, 6) is 1.02. The molecule has 3 heteroatoms. The summed E-state index contributed by atoms with van der Waals surface area (Å²) < 4.78 is 0.844. The maximum atomic E-state index is 12.6. The van der Waals surface area contributed by atoms with Crippen molar-refractivity contribution in [2.75, 3.05) is 0 Å². The second kappa shape index (κ2) is 6.21. The topological polar surface area (TPSA) is 17.1 Å². The Balaban J connectivity index is 2.21. The molecule has 98 valence electrons. The molecule has 1 aromatic rings. The lowest BCUT2D eigenvalue weighted by atomic mass is 9.74. The van der Waals surface area contributed by atoms with Crippen LogP contribution in [0.15, 0.2) is 22.7 Å². The summed E-state index contributed by atoms with van der Waals surface area (Å²) in [5.41, 5.74) is 0.758. The number of carbonyl (C=O) groups is 1. The van der Waals surface area contributed by atoms with E-state index in [0.29, 0.717) is 10.9 Å². The van der Waals surface area contributed by atoms with Crippen LogP contribution in [0.3, 0.4) is 0 Å². The largest absolute Gasteiger partial charge is 0.294 e. The monoisotopic (exact) mass is 328 g/mol. The number of benzene rings is 1. The van der Waals surface area contributed by atoms with Gasteiger partial charge in [-0.15, -0.1) is 0 Å². The molecule has 18 heavy (non-hydrogen) atoms. The maximum Gasteiger partial charge on any atom is 0.166 e. The summed E-state index contributed by atoms with van der Waals surface area (Å²) in [6, 6.07) is 5.52. The molecule has 0 amide bonds. The average Bonchev–Trinajstić information content (AvgIpc) is 2.41. The van der Waals surface area contributed by atoms with Crippen molar-refractivity contribution in [3.63, 3.8) is 0 Å². The van der Waals surface area contributed by atoms with Crippen LogP contribution in [-0.2, 0) is 0 Å². The van der Waals surface area contributed by atoms with Gasteiger partial charge in [0, 0.05) is 16.0 Å². The second-order valence-electron chi connectivity index (χ2n) is 5.05. The van der Waals surface area contributed by atoms with E-state index in [9.17, 15) is 4.79 Å². The molecule has 1 nitrogen and oxygen atoms in total. The zero-order valence-electron chi connectivity index (χ0n) is 10.6. The van der Waals surface area contributed by atoms with Crippen LogP contribution in [0.4, 0.5) is 0 Å². The highest BCUT2D eigenvalue weighted by Gasteiger charge is 2.30. The molecule has 2 unspecified atom stereocenters. The van der Waals surface area contributed by atoms with E-state index in [1.54, 1.807) is 6.07 Å². The van der Waals surface area contributed by atoms with Crippen LogP contribution in [0.25, 0.3) is 0 Å². The van der Waals surface area contributed by atoms with Gasteiger partial charge in [-0.25, -0.2) is 0 Å². The minimum Gasteiger partial charge on any atom is -0.294 e. The summed E-state index contributed by atoms with van der Waals surface area (Å²) in [6.07, 6.45) is 5.77. The van der Waals surface area contributed by atoms with Gasteiger partial charge in [-0.1, -0.05) is 43.9 Å². The van der Waals surface area contributed by atoms with Gasteiger partial charge in [-0.3, -0.25) is 4.79 Å². The molecular formula is C15H18BrClO. The number of hydrogen-bond acceptors (Lipinski definition) is 1. The van der Waals surface area contributed by atoms with E-state index in [4.69, 9.17) is 11.6 Å². The molecule has 0 spiro atoms. The molecule has 0 saturated heterocycles. The summed E-state index contributed by atoms with van der Waals surface area (Å²) >= 11 is 9.42. The van der Waals surface area contributed by atoms with Gasteiger partial charge in [0.2, 0.25) is 0 Å². The number of ketones is 1. The third kappa shape index (κ3) is 2.97. The van der Waals surface area contributed by atoms with Crippen molar-refractivity contribution >= 4 is 33.3 Å². The Bertz CT molecular complexity index is 444. The molecule has 0 heterocycles. The highest BCUT2D eigenvalue weighted by atomic mass is 79.9. The lowest BCUT2D eigenvalue weighted by molar-refractivity contribution is 0.0820. The number of Topliss-reactive ketones (excluding diaryl/α,β-unsaturated/α-hetero) is 1. The highest BCUT2D eigenvalue weighted by molar-refractivity contribution is 9.10. The first kappa shape index (κ1) is 14.1. The molecule has 0 aliphatic heterocycles.